The molecule has 0 saturated heterocycles. The first-order valence-corrected chi connectivity index (χ1v) is 10.2. The van der Waals surface area contributed by atoms with Gasteiger partial charge >= 0.3 is 0 Å². The van der Waals surface area contributed by atoms with Crippen molar-refractivity contribution in [2.24, 2.45) is 0 Å². The average Bonchev–Trinajstić information content (AvgIpc) is 2.98. The zero-order valence-corrected chi connectivity index (χ0v) is 16.4. The number of benzene rings is 1. The minimum atomic E-state index is -3.58. The lowest BCUT2D eigenvalue weighted by molar-refractivity contribution is 0.255. The fourth-order valence-electron chi connectivity index (χ4n) is 2.51. The van der Waals surface area contributed by atoms with E-state index >= 15 is 0 Å². The van der Waals surface area contributed by atoms with Crippen molar-refractivity contribution in [3.05, 3.63) is 58.0 Å². The molecule has 0 atom stereocenters. The molecular formula is C17H20N4O3S2. The summed E-state index contributed by atoms with van der Waals surface area (Å²) < 4.78 is 28.2. The highest BCUT2D eigenvalue weighted by molar-refractivity contribution is 7.89. The number of fused-ring (bicyclic) bond motifs is 1. The number of nitrogens with zero attached hydrogens (tertiary/aromatic N) is 4. The van der Waals surface area contributed by atoms with E-state index in [1.165, 1.54) is 37.0 Å². The molecule has 0 saturated carbocycles. The second-order valence-corrected chi connectivity index (χ2v) is 9.46. The van der Waals surface area contributed by atoms with Crippen molar-refractivity contribution in [1.82, 2.24) is 18.8 Å². The Hall–Kier alpha value is -2.07. The van der Waals surface area contributed by atoms with Crippen LogP contribution in [0.2, 0.25) is 0 Å². The molecule has 0 aliphatic heterocycles. The zero-order chi connectivity index (χ0) is 18.9. The maximum absolute atomic E-state index is 12.3. The predicted molar refractivity (Wildman–Crippen MR) is 103 cm³/mol. The van der Waals surface area contributed by atoms with Gasteiger partial charge in [-0.25, -0.2) is 17.7 Å². The number of pyridine rings is 1. The number of hydrogen-bond donors (Lipinski definition) is 0. The Morgan fingerprint density at radius 3 is 2.54 bits per heavy atom. The fraction of sp³-hybridized carbons (Fsp3) is 0.294. The summed E-state index contributed by atoms with van der Waals surface area (Å²) in [5, 5.41) is 0.943. The molecule has 0 radical (unpaired) electrons. The van der Waals surface area contributed by atoms with E-state index in [1.807, 2.05) is 36.2 Å². The van der Waals surface area contributed by atoms with Crippen molar-refractivity contribution in [1.29, 1.82) is 0 Å². The quantitative estimate of drug-likeness (QED) is 0.639. The summed E-state index contributed by atoms with van der Waals surface area (Å²) in [6, 6.07) is 10.5. The number of sulfonamides is 1. The van der Waals surface area contributed by atoms with Crippen LogP contribution >= 0.6 is 11.3 Å². The first-order valence-electron chi connectivity index (χ1n) is 7.93. The minimum absolute atomic E-state index is 0.0930. The Kier molecular flexibility index (Phi) is 5.24. The summed E-state index contributed by atoms with van der Waals surface area (Å²) in [7, 11) is 1.21. The molecule has 7 nitrogen and oxygen atoms in total. The van der Waals surface area contributed by atoms with E-state index in [0.717, 1.165) is 19.5 Å². The third-order valence-electron chi connectivity index (χ3n) is 3.87. The molecule has 0 N–H and O–H groups in total. The Bertz CT molecular complexity index is 1050. The highest BCUT2D eigenvalue weighted by Crippen LogP contribution is 2.22. The number of thiazole rings is 1. The van der Waals surface area contributed by atoms with Gasteiger partial charge in [0.25, 0.3) is 5.56 Å². The topological polar surface area (TPSA) is 75.5 Å². The van der Waals surface area contributed by atoms with Gasteiger partial charge in [0.05, 0.1) is 28.3 Å². The third-order valence-corrected chi connectivity index (χ3v) is 6.69. The van der Waals surface area contributed by atoms with Gasteiger partial charge in [0.1, 0.15) is 5.01 Å². The van der Waals surface area contributed by atoms with Gasteiger partial charge in [0.15, 0.2) is 0 Å². The van der Waals surface area contributed by atoms with Crippen LogP contribution in [0, 0.1) is 0 Å². The lowest BCUT2D eigenvalue weighted by Crippen LogP contribution is -2.30. The molecule has 3 aromatic rings. The van der Waals surface area contributed by atoms with Crippen LogP contribution in [0.4, 0.5) is 0 Å². The first-order chi connectivity index (χ1) is 12.3. The second-order valence-electron chi connectivity index (χ2n) is 6.19. The molecule has 0 amide bonds. The van der Waals surface area contributed by atoms with Gasteiger partial charge in [-0.05, 0) is 25.2 Å². The minimum Gasteiger partial charge on any atom is -0.301 e. The summed E-state index contributed by atoms with van der Waals surface area (Å²) in [5.41, 5.74) is 0.705. The summed E-state index contributed by atoms with van der Waals surface area (Å²) in [6.07, 6.45) is 1.38. The molecular weight excluding hydrogens is 372 g/mol. The lowest BCUT2D eigenvalue weighted by atomic mass is 10.3. The fourth-order valence-corrected chi connectivity index (χ4v) is 4.48. The van der Waals surface area contributed by atoms with E-state index in [-0.39, 0.29) is 17.1 Å². The van der Waals surface area contributed by atoms with Gasteiger partial charge in [-0.2, -0.15) is 0 Å². The maximum atomic E-state index is 12.3. The highest BCUT2D eigenvalue weighted by atomic mass is 32.2. The maximum Gasteiger partial charge on any atom is 0.251 e. The number of aromatic nitrogens is 2. The van der Waals surface area contributed by atoms with Crippen molar-refractivity contribution in [3.8, 4) is 0 Å². The van der Waals surface area contributed by atoms with Gasteiger partial charge in [0.2, 0.25) is 10.0 Å². The van der Waals surface area contributed by atoms with Gasteiger partial charge in [-0.3, -0.25) is 9.69 Å². The molecule has 1 aromatic carbocycles. The van der Waals surface area contributed by atoms with Crippen LogP contribution < -0.4 is 5.56 Å². The molecule has 26 heavy (non-hydrogen) atoms. The standard InChI is InChI=1S/C17H20N4O3S2/c1-19(2)26(23,24)13-8-9-17(22)21(10-13)12-20(3)11-16-18-14-6-4-5-7-15(14)25-16/h4-10H,11-12H2,1-3H3. The van der Waals surface area contributed by atoms with Crippen LogP contribution in [0.5, 0.6) is 0 Å². The third kappa shape index (κ3) is 3.85. The van der Waals surface area contributed by atoms with Crippen LogP contribution in [0.25, 0.3) is 10.2 Å². The van der Waals surface area contributed by atoms with Gasteiger partial charge < -0.3 is 4.57 Å². The molecule has 0 spiro atoms. The van der Waals surface area contributed by atoms with E-state index in [9.17, 15) is 13.2 Å². The molecule has 0 unspecified atom stereocenters. The van der Waals surface area contributed by atoms with Crippen molar-refractivity contribution in [3.63, 3.8) is 0 Å². The average molecular weight is 393 g/mol. The lowest BCUT2D eigenvalue weighted by Gasteiger charge is -2.18. The molecule has 0 aliphatic rings. The Morgan fingerprint density at radius 1 is 1.12 bits per heavy atom. The van der Waals surface area contributed by atoms with Crippen LogP contribution in [-0.4, -0.2) is 48.3 Å². The molecule has 3 rings (SSSR count). The number of para-hydroxylation sites is 1. The van der Waals surface area contributed by atoms with Gasteiger partial charge in [-0.1, -0.05) is 12.1 Å². The normalized spacial score (nSPS) is 12.3. The van der Waals surface area contributed by atoms with E-state index < -0.39 is 10.0 Å². The SMILES string of the molecule is CN(Cc1nc2ccccc2s1)Cn1cc(S(=O)(=O)N(C)C)ccc1=O. The van der Waals surface area contributed by atoms with Crippen molar-refractivity contribution < 1.29 is 8.42 Å². The summed E-state index contributed by atoms with van der Waals surface area (Å²) in [6.45, 7) is 0.835. The van der Waals surface area contributed by atoms with Crippen molar-refractivity contribution in [2.75, 3.05) is 21.1 Å². The first kappa shape index (κ1) is 18.7. The van der Waals surface area contributed by atoms with Crippen molar-refractivity contribution >= 4 is 31.6 Å². The Morgan fingerprint density at radius 2 is 1.85 bits per heavy atom. The van der Waals surface area contributed by atoms with Gasteiger partial charge in [-0.15, -0.1) is 11.3 Å². The summed E-state index contributed by atoms with van der Waals surface area (Å²) in [5.74, 6) is 0. The van der Waals surface area contributed by atoms with Crippen LogP contribution in [0.3, 0.4) is 0 Å². The van der Waals surface area contributed by atoms with E-state index in [0.29, 0.717) is 6.54 Å². The molecule has 0 bridgehead atoms. The van der Waals surface area contributed by atoms with Gasteiger partial charge in [0, 0.05) is 26.4 Å². The smallest absolute Gasteiger partial charge is 0.251 e. The monoisotopic (exact) mass is 392 g/mol. The molecule has 0 aliphatic carbocycles. The molecule has 9 heteroatoms. The molecule has 0 fully saturated rings. The molecule has 2 aromatic heterocycles. The Balaban J connectivity index is 1.80. The largest absolute Gasteiger partial charge is 0.301 e. The van der Waals surface area contributed by atoms with E-state index in [2.05, 4.69) is 4.98 Å². The van der Waals surface area contributed by atoms with Crippen LogP contribution in [0.15, 0.2) is 52.3 Å². The van der Waals surface area contributed by atoms with Crippen LogP contribution in [0.1, 0.15) is 5.01 Å². The Labute approximate surface area is 156 Å². The van der Waals surface area contributed by atoms with E-state index in [4.69, 9.17) is 0 Å². The molecule has 2 heterocycles. The second kappa shape index (κ2) is 7.28. The predicted octanol–water partition coefficient (Wildman–Crippen LogP) is 1.80. The van der Waals surface area contributed by atoms with E-state index in [1.54, 1.807) is 11.3 Å². The highest BCUT2D eigenvalue weighted by Gasteiger charge is 2.18. The van der Waals surface area contributed by atoms with Crippen LogP contribution in [-0.2, 0) is 23.2 Å². The summed E-state index contributed by atoms with van der Waals surface area (Å²) >= 11 is 1.61. The number of rotatable bonds is 6. The zero-order valence-electron chi connectivity index (χ0n) is 14.8. The number of hydrogen-bond acceptors (Lipinski definition) is 6. The van der Waals surface area contributed by atoms with Crippen molar-refractivity contribution in [2.45, 2.75) is 18.1 Å². The summed E-state index contributed by atoms with van der Waals surface area (Å²) in [4.78, 5) is 18.7. The molecule has 138 valence electrons.